The molecule has 1 aliphatic rings. The number of H-pyrrole nitrogens is 1. The molecule has 0 unspecified atom stereocenters. The molecule has 0 saturated heterocycles. The number of benzene rings is 1. The predicted octanol–water partition coefficient (Wildman–Crippen LogP) is 2.55. The number of aromatic amines is 1. The van der Waals surface area contributed by atoms with Gasteiger partial charge in [-0.15, -0.1) is 0 Å². The average molecular weight is 391 g/mol. The monoisotopic (exact) mass is 391 g/mol. The zero-order chi connectivity index (χ0) is 20.8. The zero-order valence-corrected chi connectivity index (χ0v) is 15.9. The summed E-state index contributed by atoms with van der Waals surface area (Å²) in [6, 6.07) is 7.05. The van der Waals surface area contributed by atoms with Crippen LogP contribution in [0, 0.1) is 24.1 Å². The number of nitrogens with zero attached hydrogens (tertiary/aromatic N) is 3. The molecule has 1 aliphatic carbocycles. The zero-order valence-electron chi connectivity index (χ0n) is 15.9. The molecule has 0 aliphatic heterocycles. The van der Waals surface area contributed by atoms with Crippen molar-refractivity contribution in [2.24, 2.45) is 0 Å². The first-order chi connectivity index (χ1) is 13.9. The maximum atomic E-state index is 13.7. The van der Waals surface area contributed by atoms with Crippen molar-refractivity contribution in [1.82, 2.24) is 20.3 Å². The lowest BCUT2D eigenvalue weighted by Crippen LogP contribution is -2.40. The fourth-order valence-electron chi connectivity index (χ4n) is 3.76. The highest BCUT2D eigenvalue weighted by Crippen LogP contribution is 2.49. The number of hydrogen-bond donors (Lipinski definition) is 2. The number of pyridine rings is 1. The van der Waals surface area contributed by atoms with Gasteiger partial charge in [0, 0.05) is 22.7 Å². The van der Waals surface area contributed by atoms with Gasteiger partial charge in [0.25, 0.3) is 5.56 Å². The van der Waals surface area contributed by atoms with E-state index < -0.39 is 17.3 Å². The quantitative estimate of drug-likeness (QED) is 0.710. The molecule has 0 spiro atoms. The van der Waals surface area contributed by atoms with Crippen LogP contribution in [0.15, 0.2) is 35.3 Å². The molecule has 0 bridgehead atoms. The van der Waals surface area contributed by atoms with Gasteiger partial charge in [-0.1, -0.05) is 0 Å². The van der Waals surface area contributed by atoms with Crippen LogP contribution in [0.25, 0.3) is 10.9 Å². The van der Waals surface area contributed by atoms with Gasteiger partial charge in [-0.3, -0.25) is 9.59 Å². The second-order valence-corrected chi connectivity index (χ2v) is 7.33. The molecule has 2 heterocycles. The van der Waals surface area contributed by atoms with E-state index in [1.54, 1.807) is 13.8 Å². The van der Waals surface area contributed by atoms with E-state index in [0.717, 1.165) is 0 Å². The first-order valence-electron chi connectivity index (χ1n) is 9.22. The number of nitrogens with one attached hydrogen (secondary N) is 2. The number of hydrogen-bond acceptors (Lipinski definition) is 5. The van der Waals surface area contributed by atoms with Crippen molar-refractivity contribution in [3.8, 4) is 6.07 Å². The lowest BCUT2D eigenvalue weighted by molar-refractivity contribution is -0.124. The van der Waals surface area contributed by atoms with Crippen LogP contribution in [0.1, 0.15) is 48.5 Å². The lowest BCUT2D eigenvalue weighted by Gasteiger charge is -2.21. The summed E-state index contributed by atoms with van der Waals surface area (Å²) in [7, 11) is 0. The van der Waals surface area contributed by atoms with Crippen LogP contribution in [-0.2, 0) is 10.2 Å². The van der Waals surface area contributed by atoms with E-state index in [4.69, 9.17) is 5.26 Å². The number of aromatic nitrogens is 3. The summed E-state index contributed by atoms with van der Waals surface area (Å²) < 4.78 is 13.7. The van der Waals surface area contributed by atoms with E-state index in [9.17, 15) is 14.0 Å². The van der Waals surface area contributed by atoms with Crippen LogP contribution in [-0.4, -0.2) is 20.9 Å². The summed E-state index contributed by atoms with van der Waals surface area (Å²) in [5, 5.41) is 12.4. The molecule has 2 aromatic heterocycles. The number of carbonyl (C=O) groups is 1. The third-order valence-electron chi connectivity index (χ3n) is 5.42. The number of halogens is 1. The standard InChI is InChI=1S/C21H18FN5O2/c1-11-15-9-13(22)3-4-16(15)27-19(28)17(11)21(6-7-21)20(29)25-12(2)18-24-8-5-14(10-23)26-18/h3-5,8-9,12H,6-7H2,1-2H3,(H,25,29)(H,27,28)/t12-/m1/s1. The third kappa shape index (κ3) is 3.14. The number of amides is 1. The topological polar surface area (TPSA) is 112 Å². The molecule has 1 aromatic carbocycles. The Hall–Kier alpha value is -3.60. The van der Waals surface area contributed by atoms with Gasteiger partial charge >= 0.3 is 0 Å². The van der Waals surface area contributed by atoms with Gasteiger partial charge in [0.2, 0.25) is 5.91 Å². The molecule has 1 saturated carbocycles. The first kappa shape index (κ1) is 18.7. The summed E-state index contributed by atoms with van der Waals surface area (Å²) in [6.45, 7) is 3.46. The highest BCUT2D eigenvalue weighted by atomic mass is 19.1. The molecule has 1 atom stereocenters. The van der Waals surface area contributed by atoms with Crippen molar-refractivity contribution < 1.29 is 9.18 Å². The van der Waals surface area contributed by atoms with E-state index in [-0.39, 0.29) is 17.2 Å². The minimum absolute atomic E-state index is 0.209. The van der Waals surface area contributed by atoms with Crippen LogP contribution < -0.4 is 10.9 Å². The summed E-state index contributed by atoms with van der Waals surface area (Å²) in [5.41, 5.74) is 0.409. The fraction of sp³-hybridized carbons (Fsp3) is 0.286. The maximum Gasteiger partial charge on any atom is 0.252 e. The second kappa shape index (κ2) is 6.78. The SMILES string of the molecule is Cc1c(C2(C(=O)N[C@H](C)c3nccc(C#N)n3)CC2)c(=O)[nH]c2ccc(F)cc12. The van der Waals surface area contributed by atoms with Gasteiger partial charge in [0.05, 0.1) is 11.5 Å². The van der Waals surface area contributed by atoms with E-state index in [0.29, 0.717) is 40.7 Å². The smallest absolute Gasteiger partial charge is 0.252 e. The Morgan fingerprint density at radius 2 is 2.14 bits per heavy atom. The minimum atomic E-state index is -0.959. The molecule has 4 rings (SSSR count). The van der Waals surface area contributed by atoms with E-state index in [1.165, 1.54) is 30.5 Å². The van der Waals surface area contributed by atoms with E-state index in [1.807, 2.05) is 6.07 Å². The third-order valence-corrected chi connectivity index (χ3v) is 5.42. The molecule has 8 heteroatoms. The molecule has 29 heavy (non-hydrogen) atoms. The molecule has 7 nitrogen and oxygen atoms in total. The Bertz CT molecular complexity index is 1240. The maximum absolute atomic E-state index is 13.7. The Labute approximate surface area is 165 Å². The molecule has 1 fully saturated rings. The summed E-state index contributed by atoms with van der Waals surface area (Å²) in [4.78, 5) is 36.9. The predicted molar refractivity (Wildman–Crippen MR) is 103 cm³/mol. The normalized spacial score (nSPS) is 15.5. The van der Waals surface area contributed by atoms with Crippen molar-refractivity contribution in [2.75, 3.05) is 0 Å². The fourth-order valence-corrected chi connectivity index (χ4v) is 3.76. The van der Waals surface area contributed by atoms with Crippen molar-refractivity contribution in [3.05, 3.63) is 69.3 Å². The summed E-state index contributed by atoms with van der Waals surface area (Å²) in [5.74, 6) is -0.393. The number of nitriles is 1. The van der Waals surface area contributed by atoms with Gasteiger partial charge in [0.1, 0.15) is 17.6 Å². The largest absolute Gasteiger partial charge is 0.346 e. The van der Waals surface area contributed by atoms with Gasteiger partial charge in [0.15, 0.2) is 5.82 Å². The summed E-state index contributed by atoms with van der Waals surface area (Å²) >= 11 is 0. The minimum Gasteiger partial charge on any atom is -0.346 e. The first-order valence-corrected chi connectivity index (χ1v) is 9.22. The van der Waals surface area contributed by atoms with Crippen molar-refractivity contribution in [1.29, 1.82) is 5.26 Å². The average Bonchev–Trinajstić information content (AvgIpc) is 3.50. The molecular formula is C21H18FN5O2. The van der Waals surface area contributed by atoms with Gasteiger partial charge in [-0.05, 0) is 56.5 Å². The van der Waals surface area contributed by atoms with Crippen molar-refractivity contribution >= 4 is 16.8 Å². The van der Waals surface area contributed by atoms with Crippen molar-refractivity contribution in [3.63, 3.8) is 0 Å². The number of carbonyl (C=O) groups excluding carboxylic acids is 1. The van der Waals surface area contributed by atoms with Crippen molar-refractivity contribution in [2.45, 2.75) is 38.1 Å². The van der Waals surface area contributed by atoms with Crippen LogP contribution in [0.2, 0.25) is 0 Å². The number of rotatable bonds is 4. The van der Waals surface area contributed by atoms with Gasteiger partial charge in [-0.2, -0.15) is 5.26 Å². The second-order valence-electron chi connectivity index (χ2n) is 7.33. The molecule has 0 radical (unpaired) electrons. The van der Waals surface area contributed by atoms with Crippen LogP contribution in [0.5, 0.6) is 0 Å². The molecule has 3 aromatic rings. The van der Waals surface area contributed by atoms with Gasteiger partial charge < -0.3 is 10.3 Å². The number of aryl methyl sites for hydroxylation is 1. The highest BCUT2D eigenvalue weighted by Gasteiger charge is 2.54. The van der Waals surface area contributed by atoms with Crippen LogP contribution in [0.4, 0.5) is 4.39 Å². The molecule has 1 amide bonds. The molecule has 146 valence electrons. The van der Waals surface area contributed by atoms with Crippen LogP contribution >= 0.6 is 0 Å². The highest BCUT2D eigenvalue weighted by molar-refractivity contribution is 5.94. The van der Waals surface area contributed by atoms with E-state index >= 15 is 0 Å². The number of fused-ring (bicyclic) bond motifs is 1. The van der Waals surface area contributed by atoms with Gasteiger partial charge in [-0.25, -0.2) is 14.4 Å². The molecule has 2 N–H and O–H groups in total. The Morgan fingerprint density at radius 1 is 1.38 bits per heavy atom. The Kier molecular flexibility index (Phi) is 4.38. The molecular weight excluding hydrogens is 373 g/mol. The van der Waals surface area contributed by atoms with Crippen LogP contribution in [0.3, 0.4) is 0 Å². The van der Waals surface area contributed by atoms with E-state index in [2.05, 4.69) is 20.3 Å². The Morgan fingerprint density at radius 3 is 2.83 bits per heavy atom. The Balaban J connectivity index is 1.69. The lowest BCUT2D eigenvalue weighted by atomic mass is 9.90. The summed E-state index contributed by atoms with van der Waals surface area (Å²) in [6.07, 6.45) is 2.51.